The number of hydrogen-bond acceptors (Lipinski definition) is 1. The standard InChI is InChI=1S/C9H18O.C2H6/c1-7(2)4-9-6-10-5-8(9)3;1-2/h7-9H,4-6H2,1-3H3;1-2H3. The Morgan fingerprint density at radius 1 is 1.25 bits per heavy atom. The molecule has 0 aromatic heterocycles. The van der Waals surface area contributed by atoms with Gasteiger partial charge in [0.1, 0.15) is 0 Å². The largest absolute Gasteiger partial charge is 0.381 e. The highest BCUT2D eigenvalue weighted by Gasteiger charge is 2.24. The molecular weight excluding hydrogens is 148 g/mol. The molecule has 0 bridgehead atoms. The first-order chi connectivity index (χ1) is 5.70. The Bertz CT molecular complexity index is 99.2. The molecule has 0 spiro atoms. The zero-order valence-electron chi connectivity index (χ0n) is 9.26. The van der Waals surface area contributed by atoms with Gasteiger partial charge in [0, 0.05) is 13.2 Å². The fourth-order valence-corrected chi connectivity index (χ4v) is 1.61. The lowest BCUT2D eigenvalue weighted by molar-refractivity contribution is 0.178. The van der Waals surface area contributed by atoms with E-state index in [0.717, 1.165) is 31.0 Å². The van der Waals surface area contributed by atoms with Gasteiger partial charge in [0.15, 0.2) is 0 Å². The zero-order chi connectivity index (χ0) is 9.56. The van der Waals surface area contributed by atoms with Gasteiger partial charge in [-0.05, 0) is 24.2 Å². The third kappa shape index (κ3) is 4.10. The fourth-order valence-electron chi connectivity index (χ4n) is 1.61. The average Bonchev–Trinajstić information content (AvgIpc) is 2.40. The van der Waals surface area contributed by atoms with Crippen molar-refractivity contribution in [1.29, 1.82) is 0 Å². The lowest BCUT2D eigenvalue weighted by atomic mass is 9.89. The first kappa shape index (κ1) is 12.0. The van der Waals surface area contributed by atoms with Crippen LogP contribution in [0.4, 0.5) is 0 Å². The maximum absolute atomic E-state index is 5.37. The summed E-state index contributed by atoms with van der Waals surface area (Å²) in [5.74, 6) is 2.46. The van der Waals surface area contributed by atoms with Gasteiger partial charge in [-0.1, -0.05) is 34.6 Å². The van der Waals surface area contributed by atoms with E-state index in [2.05, 4.69) is 20.8 Å². The minimum absolute atomic E-state index is 0.794. The van der Waals surface area contributed by atoms with Crippen LogP contribution in [0.15, 0.2) is 0 Å². The highest BCUT2D eigenvalue weighted by atomic mass is 16.5. The summed E-state index contributed by atoms with van der Waals surface area (Å²) in [6, 6.07) is 0. The molecule has 2 atom stereocenters. The Balaban J connectivity index is 0.000000561. The van der Waals surface area contributed by atoms with Gasteiger partial charge >= 0.3 is 0 Å². The molecular formula is C11H24O. The van der Waals surface area contributed by atoms with E-state index in [-0.39, 0.29) is 0 Å². The molecule has 1 rings (SSSR count). The van der Waals surface area contributed by atoms with Crippen molar-refractivity contribution in [2.24, 2.45) is 17.8 Å². The maximum atomic E-state index is 5.37. The highest BCUT2D eigenvalue weighted by molar-refractivity contribution is 4.72. The van der Waals surface area contributed by atoms with Crippen LogP contribution in [0.1, 0.15) is 41.0 Å². The second kappa shape index (κ2) is 6.47. The molecule has 1 fully saturated rings. The SMILES string of the molecule is CC.CC(C)CC1COCC1C. The molecule has 0 N–H and O–H groups in total. The summed E-state index contributed by atoms with van der Waals surface area (Å²) in [7, 11) is 0. The molecule has 0 radical (unpaired) electrons. The monoisotopic (exact) mass is 172 g/mol. The second-order valence-corrected chi connectivity index (χ2v) is 3.90. The van der Waals surface area contributed by atoms with Crippen molar-refractivity contribution in [2.45, 2.75) is 41.0 Å². The Morgan fingerprint density at radius 2 is 1.83 bits per heavy atom. The smallest absolute Gasteiger partial charge is 0.0497 e. The summed E-state index contributed by atoms with van der Waals surface area (Å²) in [5.41, 5.74) is 0. The molecule has 12 heavy (non-hydrogen) atoms. The van der Waals surface area contributed by atoms with Crippen molar-refractivity contribution in [2.75, 3.05) is 13.2 Å². The van der Waals surface area contributed by atoms with Crippen LogP contribution in [0.25, 0.3) is 0 Å². The van der Waals surface area contributed by atoms with Crippen molar-refractivity contribution < 1.29 is 4.74 Å². The van der Waals surface area contributed by atoms with Gasteiger partial charge in [-0.15, -0.1) is 0 Å². The maximum Gasteiger partial charge on any atom is 0.0497 e. The van der Waals surface area contributed by atoms with Crippen LogP contribution in [0, 0.1) is 17.8 Å². The van der Waals surface area contributed by atoms with E-state index in [0.29, 0.717) is 0 Å². The molecule has 2 unspecified atom stereocenters. The van der Waals surface area contributed by atoms with Crippen LogP contribution in [0.2, 0.25) is 0 Å². The second-order valence-electron chi connectivity index (χ2n) is 3.90. The topological polar surface area (TPSA) is 9.23 Å². The van der Waals surface area contributed by atoms with Gasteiger partial charge in [0.25, 0.3) is 0 Å². The third-order valence-electron chi connectivity index (χ3n) is 2.29. The van der Waals surface area contributed by atoms with Crippen LogP contribution in [0.5, 0.6) is 0 Å². The molecule has 1 aliphatic rings. The van der Waals surface area contributed by atoms with E-state index in [9.17, 15) is 0 Å². The van der Waals surface area contributed by atoms with Gasteiger partial charge in [-0.3, -0.25) is 0 Å². The lowest BCUT2D eigenvalue weighted by Gasteiger charge is -2.14. The van der Waals surface area contributed by atoms with Crippen LogP contribution in [0.3, 0.4) is 0 Å². The molecule has 1 heteroatoms. The van der Waals surface area contributed by atoms with Crippen molar-refractivity contribution in [1.82, 2.24) is 0 Å². The molecule has 1 heterocycles. The molecule has 0 aromatic rings. The number of ether oxygens (including phenoxy) is 1. The molecule has 0 amide bonds. The minimum Gasteiger partial charge on any atom is -0.381 e. The molecule has 0 saturated carbocycles. The van der Waals surface area contributed by atoms with Crippen molar-refractivity contribution in [3.05, 3.63) is 0 Å². The van der Waals surface area contributed by atoms with Crippen molar-refractivity contribution >= 4 is 0 Å². The van der Waals surface area contributed by atoms with E-state index in [1.807, 2.05) is 13.8 Å². The van der Waals surface area contributed by atoms with E-state index >= 15 is 0 Å². The van der Waals surface area contributed by atoms with Crippen LogP contribution in [-0.4, -0.2) is 13.2 Å². The van der Waals surface area contributed by atoms with Gasteiger partial charge in [-0.25, -0.2) is 0 Å². The predicted molar refractivity (Wildman–Crippen MR) is 54.3 cm³/mol. The summed E-state index contributed by atoms with van der Waals surface area (Å²) >= 11 is 0. The van der Waals surface area contributed by atoms with Gasteiger partial charge in [0.05, 0.1) is 0 Å². The third-order valence-corrected chi connectivity index (χ3v) is 2.29. The van der Waals surface area contributed by atoms with Crippen LogP contribution >= 0.6 is 0 Å². The van der Waals surface area contributed by atoms with Crippen molar-refractivity contribution in [3.8, 4) is 0 Å². The Hall–Kier alpha value is -0.0400. The first-order valence-electron chi connectivity index (χ1n) is 5.28. The molecule has 0 aromatic carbocycles. The van der Waals surface area contributed by atoms with E-state index in [4.69, 9.17) is 4.74 Å². The summed E-state index contributed by atoms with van der Waals surface area (Å²) < 4.78 is 5.37. The first-order valence-corrected chi connectivity index (χ1v) is 5.28. The zero-order valence-corrected chi connectivity index (χ0v) is 9.26. The Kier molecular flexibility index (Phi) is 6.45. The van der Waals surface area contributed by atoms with Gasteiger partial charge in [0.2, 0.25) is 0 Å². The molecule has 74 valence electrons. The number of rotatable bonds is 2. The lowest BCUT2D eigenvalue weighted by Crippen LogP contribution is -2.11. The van der Waals surface area contributed by atoms with Crippen LogP contribution in [-0.2, 0) is 4.74 Å². The summed E-state index contributed by atoms with van der Waals surface area (Å²) in [5, 5.41) is 0. The van der Waals surface area contributed by atoms with E-state index in [1.165, 1.54) is 6.42 Å². The van der Waals surface area contributed by atoms with Crippen molar-refractivity contribution in [3.63, 3.8) is 0 Å². The molecule has 0 aliphatic carbocycles. The molecule has 1 aliphatic heterocycles. The normalized spacial score (nSPS) is 28.5. The quantitative estimate of drug-likeness (QED) is 0.620. The summed E-state index contributed by atoms with van der Waals surface area (Å²) in [6.45, 7) is 12.8. The minimum atomic E-state index is 0.794. The summed E-state index contributed by atoms with van der Waals surface area (Å²) in [6.07, 6.45) is 1.33. The number of hydrogen-bond donors (Lipinski definition) is 0. The Morgan fingerprint density at radius 3 is 2.17 bits per heavy atom. The highest BCUT2D eigenvalue weighted by Crippen LogP contribution is 2.25. The average molecular weight is 172 g/mol. The Labute approximate surface area is 77.5 Å². The predicted octanol–water partition coefficient (Wildman–Crippen LogP) is 3.34. The van der Waals surface area contributed by atoms with Crippen LogP contribution < -0.4 is 0 Å². The van der Waals surface area contributed by atoms with Gasteiger partial charge in [-0.2, -0.15) is 0 Å². The molecule has 1 saturated heterocycles. The van der Waals surface area contributed by atoms with E-state index in [1.54, 1.807) is 0 Å². The fraction of sp³-hybridized carbons (Fsp3) is 1.00. The molecule has 1 nitrogen and oxygen atoms in total. The van der Waals surface area contributed by atoms with Gasteiger partial charge < -0.3 is 4.74 Å². The summed E-state index contributed by atoms with van der Waals surface area (Å²) in [4.78, 5) is 0. The van der Waals surface area contributed by atoms with E-state index < -0.39 is 0 Å².